The van der Waals surface area contributed by atoms with Gasteiger partial charge in [-0.15, -0.1) is 12.4 Å². The maximum atomic E-state index is 6.39. The minimum Gasteiger partial charge on any atom is -0.492 e. The summed E-state index contributed by atoms with van der Waals surface area (Å²) in [6.07, 6.45) is 2.59. The average molecular weight is 341 g/mol. The van der Waals surface area contributed by atoms with E-state index in [-0.39, 0.29) is 18.4 Å². The number of ether oxygens (including phenoxy) is 1. The second-order valence-corrected chi connectivity index (χ2v) is 5.66. The molecule has 1 atom stereocenters. The van der Waals surface area contributed by atoms with E-state index in [1.807, 2.05) is 13.8 Å². The molecule has 1 unspecified atom stereocenters. The van der Waals surface area contributed by atoms with Crippen molar-refractivity contribution in [2.75, 3.05) is 6.61 Å². The minimum absolute atomic E-state index is 0. The summed E-state index contributed by atoms with van der Waals surface area (Å²) in [5.41, 5.74) is 9.01. The molecule has 1 aromatic carbocycles. The average Bonchev–Trinajstić information content (AvgIpc) is 2.41. The molecule has 1 aromatic rings. The maximum Gasteiger partial charge on any atom is 0.141 e. The second-order valence-electron chi connectivity index (χ2n) is 4.91. The van der Waals surface area contributed by atoms with Crippen molar-refractivity contribution >= 4 is 35.6 Å². The lowest BCUT2D eigenvalue weighted by Crippen LogP contribution is -2.22. The van der Waals surface area contributed by atoms with Crippen LogP contribution in [0.5, 0.6) is 5.75 Å². The van der Waals surface area contributed by atoms with Gasteiger partial charge < -0.3 is 10.5 Å². The number of halogens is 3. The van der Waals surface area contributed by atoms with Gasteiger partial charge in [0.15, 0.2) is 0 Å². The highest BCUT2D eigenvalue weighted by Crippen LogP contribution is 2.40. The fourth-order valence-corrected chi connectivity index (χ4v) is 2.51. The van der Waals surface area contributed by atoms with Gasteiger partial charge in [-0.25, -0.2) is 0 Å². The molecule has 0 aliphatic carbocycles. The van der Waals surface area contributed by atoms with Crippen molar-refractivity contribution in [2.24, 2.45) is 5.73 Å². The van der Waals surface area contributed by atoms with Crippen LogP contribution in [-0.2, 0) is 6.42 Å². The highest BCUT2D eigenvalue weighted by molar-refractivity contribution is 6.37. The van der Waals surface area contributed by atoms with Gasteiger partial charge in [0.1, 0.15) is 5.75 Å². The largest absolute Gasteiger partial charge is 0.492 e. The Hall–Kier alpha value is -0.150. The lowest BCUT2D eigenvalue weighted by Gasteiger charge is -2.20. The number of nitrogens with two attached hydrogens (primary N) is 1. The number of hydrogen-bond acceptors (Lipinski definition) is 2. The molecule has 0 aromatic heterocycles. The van der Waals surface area contributed by atoms with Gasteiger partial charge in [-0.1, -0.05) is 37.0 Å². The molecule has 0 heterocycles. The molecule has 2 N–H and O–H groups in total. The Morgan fingerprint density at radius 3 is 2.20 bits per heavy atom. The van der Waals surface area contributed by atoms with Gasteiger partial charge >= 0.3 is 0 Å². The van der Waals surface area contributed by atoms with Crippen LogP contribution < -0.4 is 10.5 Å². The molecule has 0 radical (unpaired) electrons. The van der Waals surface area contributed by atoms with Crippen LogP contribution in [0.25, 0.3) is 0 Å². The Kier molecular flexibility index (Phi) is 8.92. The van der Waals surface area contributed by atoms with Gasteiger partial charge in [0.25, 0.3) is 0 Å². The van der Waals surface area contributed by atoms with Crippen LogP contribution in [0.15, 0.2) is 0 Å². The molecule has 0 bridgehead atoms. The molecular weight excluding hydrogens is 317 g/mol. The van der Waals surface area contributed by atoms with Crippen LogP contribution in [0.1, 0.15) is 43.4 Å². The molecule has 0 spiro atoms. The third-order valence-corrected chi connectivity index (χ3v) is 4.38. The van der Waals surface area contributed by atoms with E-state index in [0.29, 0.717) is 16.7 Å². The minimum atomic E-state index is 0. The summed E-state index contributed by atoms with van der Waals surface area (Å²) in [4.78, 5) is 0. The zero-order valence-corrected chi connectivity index (χ0v) is 14.9. The van der Waals surface area contributed by atoms with Crippen molar-refractivity contribution in [3.63, 3.8) is 0 Å². The highest BCUT2D eigenvalue weighted by Gasteiger charge is 2.20. The monoisotopic (exact) mass is 339 g/mol. The summed E-state index contributed by atoms with van der Waals surface area (Å²) >= 11 is 12.7. The first kappa shape index (κ1) is 19.9. The van der Waals surface area contributed by atoms with Gasteiger partial charge in [0.2, 0.25) is 0 Å². The first-order valence-corrected chi connectivity index (χ1v) is 7.54. The van der Waals surface area contributed by atoms with Crippen molar-refractivity contribution in [3.8, 4) is 5.75 Å². The van der Waals surface area contributed by atoms with E-state index < -0.39 is 0 Å². The van der Waals surface area contributed by atoms with E-state index in [4.69, 9.17) is 33.7 Å². The van der Waals surface area contributed by atoms with Crippen LogP contribution in [0.3, 0.4) is 0 Å². The summed E-state index contributed by atoms with van der Waals surface area (Å²) in [6, 6.07) is 0.0949. The Balaban J connectivity index is 0.00000361. The lowest BCUT2D eigenvalue weighted by atomic mass is 9.97. The normalized spacial score (nSPS) is 11.9. The first-order chi connectivity index (χ1) is 8.93. The van der Waals surface area contributed by atoms with Gasteiger partial charge in [-0.3, -0.25) is 0 Å². The fraction of sp³-hybridized carbons (Fsp3) is 0.600. The van der Waals surface area contributed by atoms with E-state index in [2.05, 4.69) is 13.8 Å². The van der Waals surface area contributed by atoms with Crippen LogP contribution >= 0.6 is 35.6 Å². The van der Waals surface area contributed by atoms with E-state index >= 15 is 0 Å². The molecule has 1 rings (SSSR count). The second kappa shape index (κ2) is 8.99. The summed E-state index contributed by atoms with van der Waals surface area (Å²) < 4.78 is 5.83. The zero-order chi connectivity index (χ0) is 14.6. The predicted octanol–water partition coefficient (Wildman–Crippen LogP) is 5.10. The fourth-order valence-electron chi connectivity index (χ4n) is 1.99. The molecule has 0 saturated heterocycles. The summed E-state index contributed by atoms with van der Waals surface area (Å²) in [5.74, 6) is 0.756. The molecule has 5 heteroatoms. The van der Waals surface area contributed by atoms with Gasteiger partial charge in [-0.2, -0.15) is 0 Å². The third-order valence-electron chi connectivity index (χ3n) is 3.36. The van der Waals surface area contributed by atoms with Crippen molar-refractivity contribution in [3.05, 3.63) is 26.7 Å². The Bertz CT molecular complexity index is 449. The van der Waals surface area contributed by atoms with Crippen LogP contribution in [0, 0.1) is 13.8 Å². The molecule has 0 saturated carbocycles. The number of rotatable bonds is 6. The van der Waals surface area contributed by atoms with Gasteiger partial charge in [0, 0.05) is 16.6 Å². The molecule has 20 heavy (non-hydrogen) atoms. The lowest BCUT2D eigenvalue weighted by molar-refractivity contribution is 0.313. The smallest absolute Gasteiger partial charge is 0.141 e. The molecule has 2 nitrogen and oxygen atoms in total. The summed E-state index contributed by atoms with van der Waals surface area (Å²) in [7, 11) is 0. The van der Waals surface area contributed by atoms with Crippen LogP contribution in [0.2, 0.25) is 10.0 Å². The molecule has 0 fully saturated rings. The maximum absolute atomic E-state index is 6.39. The van der Waals surface area contributed by atoms with E-state index in [1.54, 1.807) is 0 Å². The first-order valence-electron chi connectivity index (χ1n) is 6.79. The molecule has 116 valence electrons. The summed E-state index contributed by atoms with van der Waals surface area (Å²) in [6.45, 7) is 8.71. The van der Waals surface area contributed by atoms with Crippen molar-refractivity contribution < 1.29 is 4.74 Å². The van der Waals surface area contributed by atoms with Crippen molar-refractivity contribution in [1.82, 2.24) is 0 Å². The van der Waals surface area contributed by atoms with E-state index in [0.717, 1.165) is 41.7 Å². The van der Waals surface area contributed by atoms with E-state index in [1.165, 1.54) is 0 Å². The zero-order valence-electron chi connectivity index (χ0n) is 12.6. The third kappa shape index (κ3) is 4.42. The Labute approximate surface area is 138 Å². The molecular formula is C15H24Cl3NO. The molecule has 0 aliphatic rings. The van der Waals surface area contributed by atoms with Crippen molar-refractivity contribution in [2.45, 2.75) is 53.0 Å². The van der Waals surface area contributed by atoms with Crippen LogP contribution in [0.4, 0.5) is 0 Å². The predicted molar refractivity (Wildman–Crippen MR) is 90.9 cm³/mol. The van der Waals surface area contributed by atoms with Gasteiger partial charge in [0.05, 0.1) is 11.6 Å². The van der Waals surface area contributed by atoms with Crippen molar-refractivity contribution in [1.29, 1.82) is 0 Å². The number of hydrogen-bond donors (Lipinski definition) is 1. The molecule has 0 amide bonds. The van der Waals surface area contributed by atoms with E-state index in [9.17, 15) is 0 Å². The summed E-state index contributed by atoms with van der Waals surface area (Å²) in [5, 5.41) is 1.33. The van der Waals surface area contributed by atoms with Crippen LogP contribution in [-0.4, -0.2) is 12.6 Å². The Morgan fingerprint density at radius 2 is 1.70 bits per heavy atom. The Morgan fingerprint density at radius 1 is 1.10 bits per heavy atom. The number of benzene rings is 1. The quantitative estimate of drug-likeness (QED) is 0.782. The SMILES string of the molecule is CCCOc1c(Cl)c(C)c(Cl)c(C)c1CC(N)CC.Cl. The highest BCUT2D eigenvalue weighted by atomic mass is 35.5. The topological polar surface area (TPSA) is 35.2 Å². The standard InChI is InChI=1S/C15H23Cl2NO.ClH/c1-5-7-19-15-12(8-11(18)6-2)9(3)13(16)10(4)14(15)17;/h11H,5-8,18H2,1-4H3;1H. The molecule has 0 aliphatic heterocycles. The van der Waals surface area contributed by atoms with Gasteiger partial charge in [-0.05, 0) is 44.2 Å².